The van der Waals surface area contributed by atoms with Gasteiger partial charge in [-0.25, -0.2) is 29.9 Å². The van der Waals surface area contributed by atoms with Crippen LogP contribution in [-0.2, 0) is 6.54 Å². The summed E-state index contributed by atoms with van der Waals surface area (Å²) in [5, 5.41) is 12.5. The van der Waals surface area contributed by atoms with Gasteiger partial charge in [-0.15, -0.1) is 0 Å². The molecule has 0 saturated carbocycles. The van der Waals surface area contributed by atoms with Crippen molar-refractivity contribution >= 4 is 22.8 Å². The number of benzene rings is 1. The van der Waals surface area contributed by atoms with Gasteiger partial charge in [0.1, 0.15) is 23.2 Å². The number of nitrogens with one attached hydrogen (secondary N) is 1. The van der Waals surface area contributed by atoms with E-state index in [2.05, 4.69) is 42.3 Å². The van der Waals surface area contributed by atoms with Crippen molar-refractivity contribution in [3.05, 3.63) is 96.7 Å². The van der Waals surface area contributed by atoms with Crippen molar-refractivity contribution in [1.29, 1.82) is 5.26 Å². The van der Waals surface area contributed by atoms with Crippen LogP contribution < -0.4 is 15.8 Å². The molecule has 1 fully saturated rings. The minimum Gasteiger partial charge on any atom is -0.481 e. The van der Waals surface area contributed by atoms with Crippen LogP contribution in [0.2, 0.25) is 0 Å². The number of fused-ring (bicyclic) bond motifs is 1. The Morgan fingerprint density at radius 3 is 2.65 bits per heavy atom. The zero-order valence-corrected chi connectivity index (χ0v) is 24.6. The minimum atomic E-state index is -2.68. The van der Waals surface area contributed by atoms with Crippen LogP contribution in [0.1, 0.15) is 29.7 Å². The number of nitriles is 1. The third-order valence-corrected chi connectivity index (χ3v) is 7.94. The van der Waals surface area contributed by atoms with E-state index in [1.165, 1.54) is 6.07 Å². The molecule has 0 atom stereocenters. The number of nitrogens with zero attached hydrogens (tertiary/aromatic N) is 9. The molecule has 0 amide bonds. The van der Waals surface area contributed by atoms with Gasteiger partial charge in [0, 0.05) is 61.6 Å². The van der Waals surface area contributed by atoms with Gasteiger partial charge in [-0.05, 0) is 66.9 Å². The Bertz CT molecular complexity index is 2210. The Morgan fingerprint density at radius 2 is 1.87 bits per heavy atom. The Hall–Kier alpha value is -5.93. The molecule has 0 aliphatic carbocycles. The van der Waals surface area contributed by atoms with E-state index in [0.717, 1.165) is 43.7 Å². The summed E-state index contributed by atoms with van der Waals surface area (Å²) in [6.45, 7) is 2.61. The second-order valence-corrected chi connectivity index (χ2v) is 10.9. The number of methoxy groups -OCH3 is 1. The highest BCUT2D eigenvalue weighted by Crippen LogP contribution is 2.32. The van der Waals surface area contributed by atoms with Crippen molar-refractivity contribution in [1.82, 2.24) is 39.4 Å². The molecule has 1 aromatic carbocycles. The van der Waals surface area contributed by atoms with Gasteiger partial charge in [-0.1, -0.05) is 12.1 Å². The highest BCUT2D eigenvalue weighted by Gasteiger charge is 2.21. The molecule has 6 aromatic rings. The number of hydrogen-bond donors (Lipinski definition) is 2. The molecular weight excluding hydrogens is 578 g/mol. The van der Waals surface area contributed by atoms with E-state index in [1.54, 1.807) is 36.7 Å². The fourth-order valence-corrected chi connectivity index (χ4v) is 5.63. The van der Waals surface area contributed by atoms with E-state index in [4.69, 9.17) is 31.2 Å². The summed E-state index contributed by atoms with van der Waals surface area (Å²) in [6.07, 6.45) is 4.93. The number of imidazole rings is 1. The van der Waals surface area contributed by atoms with E-state index < -0.39 is 7.04 Å². The number of anilines is 2. The quantitative estimate of drug-likeness (QED) is 0.241. The number of ether oxygens (including phenoxy) is 1. The first-order chi connectivity index (χ1) is 24.1. The van der Waals surface area contributed by atoms with E-state index in [-0.39, 0.29) is 23.9 Å². The number of aromatic nitrogens is 7. The number of pyridine rings is 3. The van der Waals surface area contributed by atoms with Crippen LogP contribution in [0.5, 0.6) is 5.88 Å². The smallest absolute Gasteiger partial charge is 0.234 e. The average Bonchev–Trinajstić information content (AvgIpc) is 3.48. The molecule has 3 N–H and O–H groups in total. The predicted molar refractivity (Wildman–Crippen MR) is 175 cm³/mol. The Balaban J connectivity index is 1.14. The van der Waals surface area contributed by atoms with Crippen LogP contribution in [0.4, 0.5) is 11.6 Å². The van der Waals surface area contributed by atoms with Crippen LogP contribution in [0.3, 0.4) is 0 Å². The summed E-state index contributed by atoms with van der Waals surface area (Å²) in [7, 11) is -2.68. The van der Waals surface area contributed by atoms with Gasteiger partial charge in [0.25, 0.3) is 0 Å². The maximum absolute atomic E-state index is 9.08. The normalized spacial score (nSPS) is 15.4. The number of piperidine rings is 1. The minimum absolute atomic E-state index is 0.154. The van der Waals surface area contributed by atoms with Gasteiger partial charge in [0.05, 0.1) is 23.8 Å². The zero-order chi connectivity index (χ0) is 34.8. The van der Waals surface area contributed by atoms with Gasteiger partial charge < -0.3 is 15.8 Å². The Morgan fingerprint density at radius 1 is 1.00 bits per heavy atom. The maximum atomic E-state index is 9.08. The van der Waals surface area contributed by atoms with E-state index >= 15 is 0 Å². The number of likely N-dealkylation sites (tertiary alicyclic amines) is 1. The molecule has 1 saturated heterocycles. The molecular formula is C34H31N11O. The molecule has 0 unspecified atom stereocenters. The van der Waals surface area contributed by atoms with Crippen LogP contribution in [0, 0.1) is 11.3 Å². The van der Waals surface area contributed by atoms with Crippen molar-refractivity contribution in [2.45, 2.75) is 25.4 Å². The number of rotatable bonds is 8. The molecule has 5 aromatic heterocycles. The van der Waals surface area contributed by atoms with Crippen LogP contribution in [0.25, 0.3) is 39.5 Å². The summed E-state index contributed by atoms with van der Waals surface area (Å²) in [4.78, 5) is 28.7. The summed E-state index contributed by atoms with van der Waals surface area (Å²) in [5.74, 6) is 1.54. The monoisotopic (exact) mass is 613 g/mol. The van der Waals surface area contributed by atoms with Crippen molar-refractivity contribution in [3.8, 4) is 40.3 Å². The van der Waals surface area contributed by atoms with E-state index in [9.17, 15) is 0 Å². The van der Waals surface area contributed by atoms with Gasteiger partial charge >= 0.3 is 0 Å². The van der Waals surface area contributed by atoms with Crippen LogP contribution >= 0.6 is 0 Å². The fraction of sp³-hybridized carbons (Fsp3) is 0.206. The fourth-order valence-electron chi connectivity index (χ4n) is 5.63. The van der Waals surface area contributed by atoms with Gasteiger partial charge in [-0.2, -0.15) is 5.26 Å². The molecule has 6 heterocycles. The molecule has 1 aliphatic heterocycles. The second kappa shape index (κ2) is 12.6. The van der Waals surface area contributed by atoms with Crippen molar-refractivity contribution in [2.75, 3.05) is 31.2 Å². The first-order valence-corrected chi connectivity index (χ1v) is 14.7. The van der Waals surface area contributed by atoms with Gasteiger partial charge in [0.2, 0.25) is 11.7 Å². The van der Waals surface area contributed by atoms with Crippen molar-refractivity contribution < 1.29 is 10.2 Å². The lowest BCUT2D eigenvalue weighted by Crippen LogP contribution is -2.38. The molecule has 12 heteroatoms. The molecule has 12 nitrogen and oxygen atoms in total. The Kier molecular flexibility index (Phi) is 6.68. The van der Waals surface area contributed by atoms with Crippen molar-refractivity contribution in [3.63, 3.8) is 0 Å². The topological polar surface area (TPSA) is 157 Å². The van der Waals surface area contributed by atoms with Gasteiger partial charge in [-0.3, -0.25) is 9.47 Å². The van der Waals surface area contributed by atoms with Crippen molar-refractivity contribution in [2.24, 2.45) is 0 Å². The van der Waals surface area contributed by atoms with Crippen LogP contribution in [-0.4, -0.2) is 65.5 Å². The highest BCUT2D eigenvalue weighted by molar-refractivity contribution is 5.84. The lowest BCUT2D eigenvalue weighted by Gasteiger charge is -2.32. The molecule has 1 aliphatic rings. The summed E-state index contributed by atoms with van der Waals surface area (Å²) >= 11 is 0. The van der Waals surface area contributed by atoms with Crippen LogP contribution in [0.15, 0.2) is 85.3 Å². The number of hydrogen-bond acceptors (Lipinski definition) is 11. The first kappa shape index (κ1) is 24.4. The third-order valence-electron chi connectivity index (χ3n) is 7.94. The summed E-state index contributed by atoms with van der Waals surface area (Å²) in [5.41, 5.74) is 10.9. The molecule has 0 radical (unpaired) electrons. The Labute approximate surface area is 271 Å². The zero-order valence-electron chi connectivity index (χ0n) is 28.6. The third kappa shape index (κ3) is 5.91. The molecule has 0 spiro atoms. The standard InChI is InChI=1S/C34H31N11O/c1-46-31-11-6-23(20-39-31)27-9-10-28-34(41-27)45(33(42-28)26-3-2-15-38-32(26)36)25-7-4-22(5-8-25)21-44-17-13-24(14-18-44)40-29-12-16-37-30(19-35)43-29/h2-12,15-16,20,24H,13-14,17-18,21H2,1H3,(H2,36,38)(H,37,40,43)/i1D3,20D. The van der Waals surface area contributed by atoms with Gasteiger partial charge in [0.15, 0.2) is 11.5 Å². The summed E-state index contributed by atoms with van der Waals surface area (Å²) < 4.78 is 37.3. The van der Waals surface area contributed by atoms with E-state index in [0.29, 0.717) is 45.4 Å². The predicted octanol–water partition coefficient (Wildman–Crippen LogP) is 4.87. The second-order valence-electron chi connectivity index (χ2n) is 10.9. The highest BCUT2D eigenvalue weighted by atomic mass is 16.5. The lowest BCUT2D eigenvalue weighted by atomic mass is 10.0. The maximum Gasteiger partial charge on any atom is 0.234 e. The lowest BCUT2D eigenvalue weighted by molar-refractivity contribution is 0.211. The SMILES string of the molecule is [2H]c1nc(OC([2H])([2H])[2H])ccc1-c1ccc2nc(-c3cccnc3N)n(-c3ccc(CN4CCC(Nc5ccnc(C#N)n5)CC4)cc3)c2n1. The average molecular weight is 614 g/mol. The van der Waals surface area contributed by atoms with E-state index in [1.807, 2.05) is 34.9 Å². The number of nitrogens with two attached hydrogens (primary N) is 1. The first-order valence-electron chi connectivity index (χ1n) is 16.7. The molecule has 7 rings (SSSR count). The molecule has 46 heavy (non-hydrogen) atoms. The number of nitrogen functional groups attached to an aromatic ring is 1. The largest absolute Gasteiger partial charge is 0.481 e. The summed E-state index contributed by atoms with van der Waals surface area (Å²) in [6, 6.07) is 22.4. The molecule has 0 bridgehead atoms. The molecule has 228 valence electrons.